The number of para-hydroxylation sites is 2. The number of rotatable bonds is 10. The molecule has 0 saturated heterocycles. The zero-order valence-electron chi connectivity index (χ0n) is 17.0. The number of nitro groups is 2. The average molecular weight is 471 g/mol. The van der Waals surface area contributed by atoms with Gasteiger partial charge in [0.05, 0.1) is 10.5 Å². The van der Waals surface area contributed by atoms with E-state index in [-0.39, 0.29) is 22.9 Å². The molecule has 3 aromatic rings. The smallest absolute Gasteiger partial charge is 0.220 e. The molecule has 0 aliphatic heterocycles. The lowest BCUT2D eigenvalue weighted by molar-refractivity contribution is -0.479. The van der Waals surface area contributed by atoms with E-state index in [1.807, 2.05) is 36.4 Å². The van der Waals surface area contributed by atoms with Gasteiger partial charge in [0.1, 0.15) is 0 Å². The zero-order chi connectivity index (χ0) is 23.1. The van der Waals surface area contributed by atoms with Crippen molar-refractivity contribution >= 4 is 34.9 Å². The number of nitrogen functional groups attached to an aromatic ring is 2. The van der Waals surface area contributed by atoms with Crippen molar-refractivity contribution in [3.05, 3.63) is 104 Å². The van der Waals surface area contributed by atoms with Crippen LogP contribution in [0.25, 0.3) is 0 Å². The van der Waals surface area contributed by atoms with Crippen LogP contribution in [0.2, 0.25) is 0 Å². The van der Waals surface area contributed by atoms with E-state index in [0.717, 1.165) is 20.9 Å². The molecule has 0 spiro atoms. The molecule has 0 amide bonds. The Morgan fingerprint density at radius 1 is 0.656 bits per heavy atom. The highest BCUT2D eigenvalue weighted by molar-refractivity contribution is 8.00. The second-order valence-corrected chi connectivity index (χ2v) is 9.48. The molecule has 2 atom stereocenters. The van der Waals surface area contributed by atoms with Crippen LogP contribution in [0.15, 0.2) is 82.6 Å². The van der Waals surface area contributed by atoms with Gasteiger partial charge in [-0.3, -0.25) is 20.2 Å². The summed E-state index contributed by atoms with van der Waals surface area (Å²) in [7, 11) is 0. The Hall–Kier alpha value is -3.24. The predicted molar refractivity (Wildman–Crippen MR) is 129 cm³/mol. The second kappa shape index (κ2) is 10.9. The summed E-state index contributed by atoms with van der Waals surface area (Å²) in [6, 6.07) is 21.6. The van der Waals surface area contributed by atoms with E-state index in [2.05, 4.69) is 0 Å². The minimum absolute atomic E-state index is 0.272. The van der Waals surface area contributed by atoms with Crippen molar-refractivity contribution in [2.75, 3.05) is 24.6 Å². The van der Waals surface area contributed by atoms with Gasteiger partial charge in [0, 0.05) is 31.0 Å². The molecule has 0 heterocycles. The van der Waals surface area contributed by atoms with Gasteiger partial charge in [0.15, 0.2) is 0 Å². The van der Waals surface area contributed by atoms with Crippen molar-refractivity contribution in [3.8, 4) is 0 Å². The molecule has 0 radical (unpaired) electrons. The second-order valence-electron chi connectivity index (χ2n) is 6.99. The summed E-state index contributed by atoms with van der Waals surface area (Å²) >= 11 is 2.66. The van der Waals surface area contributed by atoms with Crippen molar-refractivity contribution in [3.63, 3.8) is 0 Å². The maximum Gasteiger partial charge on any atom is 0.220 e. The van der Waals surface area contributed by atoms with Gasteiger partial charge in [0.25, 0.3) is 0 Å². The van der Waals surface area contributed by atoms with E-state index in [0.29, 0.717) is 11.4 Å². The molecule has 32 heavy (non-hydrogen) atoms. The number of anilines is 2. The molecule has 0 unspecified atom stereocenters. The molecule has 0 aliphatic rings. The van der Waals surface area contributed by atoms with E-state index < -0.39 is 10.5 Å². The van der Waals surface area contributed by atoms with Crippen molar-refractivity contribution in [2.45, 2.75) is 20.3 Å². The van der Waals surface area contributed by atoms with Gasteiger partial charge >= 0.3 is 0 Å². The lowest BCUT2D eigenvalue weighted by atomic mass is 10.1. The van der Waals surface area contributed by atoms with Gasteiger partial charge in [-0.15, -0.1) is 23.5 Å². The molecular weight excluding hydrogens is 448 g/mol. The molecule has 4 N–H and O–H groups in total. The average Bonchev–Trinajstić information content (AvgIpc) is 2.75. The van der Waals surface area contributed by atoms with Crippen LogP contribution in [0.1, 0.15) is 21.6 Å². The fourth-order valence-corrected chi connectivity index (χ4v) is 5.41. The van der Waals surface area contributed by atoms with E-state index in [1.165, 1.54) is 23.5 Å². The van der Waals surface area contributed by atoms with Gasteiger partial charge < -0.3 is 11.5 Å². The van der Waals surface area contributed by atoms with Gasteiger partial charge in [-0.05, 0) is 35.4 Å². The molecule has 3 aromatic carbocycles. The van der Waals surface area contributed by atoms with E-state index in [1.54, 1.807) is 36.4 Å². The quantitative estimate of drug-likeness (QED) is 0.181. The third kappa shape index (κ3) is 6.38. The Kier molecular flexibility index (Phi) is 7.96. The first kappa shape index (κ1) is 23.4. The Morgan fingerprint density at radius 3 is 1.31 bits per heavy atom. The van der Waals surface area contributed by atoms with Gasteiger partial charge in [0.2, 0.25) is 13.1 Å². The van der Waals surface area contributed by atoms with Crippen LogP contribution in [-0.4, -0.2) is 22.9 Å². The third-order valence-corrected chi connectivity index (χ3v) is 7.35. The molecule has 3 rings (SSSR count). The molecule has 0 aliphatic carbocycles. The van der Waals surface area contributed by atoms with Crippen LogP contribution in [0.5, 0.6) is 0 Å². The van der Waals surface area contributed by atoms with Crippen molar-refractivity contribution in [2.24, 2.45) is 0 Å². The summed E-state index contributed by atoms with van der Waals surface area (Å²) in [5.74, 6) is 0. The number of thioether (sulfide) groups is 2. The summed E-state index contributed by atoms with van der Waals surface area (Å²) in [5.41, 5.74) is 14.6. The Labute approximate surface area is 193 Å². The highest BCUT2D eigenvalue weighted by Crippen LogP contribution is 2.41. The van der Waals surface area contributed by atoms with Crippen LogP contribution in [-0.2, 0) is 0 Å². The molecule has 8 nitrogen and oxygen atoms in total. The summed E-state index contributed by atoms with van der Waals surface area (Å²) < 4.78 is 0. The molecule has 0 aromatic heterocycles. The SMILES string of the molecule is Nc1ccccc1S[C@H](C[N+](=O)[O-])c1ccc([C@@H](C[N+](=O)[O-])Sc2ccccc2N)cc1. The van der Waals surface area contributed by atoms with Gasteiger partial charge in [-0.1, -0.05) is 48.5 Å². The molecule has 166 valence electrons. The first-order valence-electron chi connectivity index (χ1n) is 9.69. The monoisotopic (exact) mass is 470 g/mol. The first-order valence-corrected chi connectivity index (χ1v) is 11.4. The van der Waals surface area contributed by atoms with Crippen molar-refractivity contribution in [1.82, 2.24) is 0 Å². The summed E-state index contributed by atoms with van der Waals surface area (Å²) in [6.07, 6.45) is 0. The zero-order valence-corrected chi connectivity index (χ0v) is 18.6. The minimum Gasteiger partial charge on any atom is -0.398 e. The fourth-order valence-electron chi connectivity index (χ4n) is 3.10. The Balaban J connectivity index is 1.85. The molecule has 0 bridgehead atoms. The standard InChI is InChI=1S/C22H22N4O4S2/c23-17-5-1-3-7-19(17)31-21(13-25(27)28)15-9-11-16(12-10-15)22(14-26(29)30)32-20-8-4-2-6-18(20)24/h1-12,21-22H,13-14,23-24H2/t21-,22-/m1/s1. The Morgan fingerprint density at radius 2 is 1.00 bits per heavy atom. The summed E-state index contributed by atoms with van der Waals surface area (Å²) in [6.45, 7) is -0.544. The number of benzene rings is 3. The minimum atomic E-state index is -0.449. The predicted octanol–water partition coefficient (Wildman–Crippen LogP) is 5.07. The van der Waals surface area contributed by atoms with Crippen LogP contribution in [0.3, 0.4) is 0 Å². The number of hydrogen-bond donors (Lipinski definition) is 2. The van der Waals surface area contributed by atoms with E-state index in [4.69, 9.17) is 11.5 Å². The fraction of sp³-hybridized carbons (Fsp3) is 0.182. The molecule has 10 heteroatoms. The van der Waals surface area contributed by atoms with Crippen LogP contribution < -0.4 is 11.5 Å². The van der Waals surface area contributed by atoms with Gasteiger partial charge in [-0.2, -0.15) is 0 Å². The normalized spacial score (nSPS) is 12.8. The largest absolute Gasteiger partial charge is 0.398 e. The molecule has 0 saturated carbocycles. The molecular formula is C22H22N4O4S2. The summed E-state index contributed by atoms with van der Waals surface area (Å²) in [4.78, 5) is 23.4. The topological polar surface area (TPSA) is 138 Å². The van der Waals surface area contributed by atoms with Crippen molar-refractivity contribution < 1.29 is 9.85 Å². The summed E-state index contributed by atoms with van der Waals surface area (Å²) in [5, 5.41) is 21.6. The van der Waals surface area contributed by atoms with Gasteiger partial charge in [-0.25, -0.2) is 0 Å². The van der Waals surface area contributed by atoms with Crippen LogP contribution >= 0.6 is 23.5 Å². The van der Waals surface area contributed by atoms with Crippen molar-refractivity contribution in [1.29, 1.82) is 0 Å². The lowest BCUT2D eigenvalue weighted by Gasteiger charge is -2.17. The highest BCUT2D eigenvalue weighted by Gasteiger charge is 2.23. The lowest BCUT2D eigenvalue weighted by Crippen LogP contribution is -2.12. The van der Waals surface area contributed by atoms with Crippen LogP contribution in [0, 0.1) is 20.2 Å². The van der Waals surface area contributed by atoms with E-state index in [9.17, 15) is 20.2 Å². The first-order chi connectivity index (χ1) is 15.3. The highest BCUT2D eigenvalue weighted by atomic mass is 32.2. The number of nitrogens with zero attached hydrogens (tertiary/aromatic N) is 2. The van der Waals surface area contributed by atoms with E-state index >= 15 is 0 Å². The third-order valence-electron chi connectivity index (χ3n) is 4.69. The van der Waals surface area contributed by atoms with Crippen LogP contribution in [0.4, 0.5) is 11.4 Å². The maximum absolute atomic E-state index is 11.3. The number of hydrogen-bond acceptors (Lipinski definition) is 8. The number of nitrogens with two attached hydrogens (primary N) is 2. The maximum atomic E-state index is 11.3. The molecule has 0 fully saturated rings. The Bertz CT molecular complexity index is 1010.